The Morgan fingerprint density at radius 1 is 1.07 bits per heavy atom. The second-order valence-electron chi connectivity index (χ2n) is 7.13. The Kier molecular flexibility index (Phi) is 4.30. The van der Waals surface area contributed by atoms with E-state index in [1.807, 2.05) is 51.1 Å². The molecule has 1 aliphatic rings. The molecule has 0 atom stereocenters. The second-order valence-corrected chi connectivity index (χ2v) is 8.96. The zero-order valence-corrected chi connectivity index (χ0v) is 16.6. The van der Waals surface area contributed by atoms with Crippen molar-refractivity contribution in [3.05, 3.63) is 65.1 Å². The van der Waals surface area contributed by atoms with Crippen LogP contribution in [0, 0.1) is 20.8 Å². The molecule has 3 aromatic rings. The number of H-pyrrole nitrogens is 1. The molecule has 0 aliphatic carbocycles. The molecule has 0 bridgehead atoms. The molecule has 0 unspecified atom stereocenters. The third-order valence-electron chi connectivity index (χ3n) is 5.15. The summed E-state index contributed by atoms with van der Waals surface area (Å²) in [4.78, 5) is 7.75. The summed E-state index contributed by atoms with van der Waals surface area (Å²) in [5.74, 6) is 0.801. The molecule has 1 N–H and O–H groups in total. The van der Waals surface area contributed by atoms with Gasteiger partial charge in [0.1, 0.15) is 5.82 Å². The van der Waals surface area contributed by atoms with Crippen LogP contribution in [0.3, 0.4) is 0 Å². The topological polar surface area (TPSA) is 66.1 Å². The van der Waals surface area contributed by atoms with Crippen LogP contribution in [-0.2, 0) is 16.4 Å². The monoisotopic (exact) mass is 381 g/mol. The first-order chi connectivity index (χ1) is 12.9. The van der Waals surface area contributed by atoms with E-state index in [4.69, 9.17) is 0 Å². The highest BCUT2D eigenvalue weighted by atomic mass is 32.2. The molecular weight excluding hydrogens is 358 g/mol. The van der Waals surface area contributed by atoms with Gasteiger partial charge in [0.05, 0.1) is 22.5 Å². The molecule has 0 saturated carbocycles. The van der Waals surface area contributed by atoms with Gasteiger partial charge in [-0.3, -0.25) is 4.31 Å². The molecule has 27 heavy (non-hydrogen) atoms. The summed E-state index contributed by atoms with van der Waals surface area (Å²) in [6, 6.07) is 11.5. The Labute approximate surface area is 160 Å². The van der Waals surface area contributed by atoms with Crippen molar-refractivity contribution in [3.63, 3.8) is 0 Å². The summed E-state index contributed by atoms with van der Waals surface area (Å²) in [6.07, 6.45) is 3.47. The minimum absolute atomic E-state index is 0.350. The van der Waals surface area contributed by atoms with Gasteiger partial charge in [-0.15, -0.1) is 0 Å². The molecule has 0 amide bonds. The van der Waals surface area contributed by atoms with Crippen molar-refractivity contribution in [2.75, 3.05) is 10.8 Å². The number of rotatable bonds is 3. The number of aryl methyl sites for hydroxylation is 4. The molecule has 140 valence electrons. The fourth-order valence-electron chi connectivity index (χ4n) is 3.78. The molecule has 1 aliphatic heterocycles. The lowest BCUT2D eigenvalue weighted by atomic mass is 10.0. The van der Waals surface area contributed by atoms with Crippen molar-refractivity contribution in [2.24, 2.45) is 0 Å². The molecular formula is C21H23N3O2S. The van der Waals surface area contributed by atoms with E-state index in [1.165, 1.54) is 0 Å². The number of hydrogen-bond donors (Lipinski definition) is 1. The summed E-state index contributed by atoms with van der Waals surface area (Å²) in [5, 5.41) is 0. The van der Waals surface area contributed by atoms with E-state index >= 15 is 0 Å². The lowest BCUT2D eigenvalue weighted by Gasteiger charge is -2.32. The van der Waals surface area contributed by atoms with Crippen LogP contribution in [0.4, 0.5) is 5.69 Å². The fraction of sp³-hybridized carbons (Fsp3) is 0.286. The minimum Gasteiger partial charge on any atom is -0.342 e. The summed E-state index contributed by atoms with van der Waals surface area (Å²) < 4.78 is 28.8. The first kappa shape index (κ1) is 17.8. The van der Waals surface area contributed by atoms with Gasteiger partial charge in [-0.25, -0.2) is 13.4 Å². The zero-order valence-electron chi connectivity index (χ0n) is 15.8. The average Bonchev–Trinajstić information content (AvgIpc) is 3.08. The summed E-state index contributed by atoms with van der Waals surface area (Å²) in [6.45, 7) is 6.21. The number of aromatic nitrogens is 2. The molecule has 2 heterocycles. The Balaban J connectivity index is 1.84. The Hall–Kier alpha value is -2.60. The van der Waals surface area contributed by atoms with Gasteiger partial charge in [0.2, 0.25) is 0 Å². The predicted molar refractivity (Wildman–Crippen MR) is 108 cm³/mol. The van der Waals surface area contributed by atoms with E-state index in [1.54, 1.807) is 16.6 Å². The van der Waals surface area contributed by atoms with Gasteiger partial charge in [0, 0.05) is 12.1 Å². The highest BCUT2D eigenvalue weighted by molar-refractivity contribution is 7.92. The standard InChI is InChI=1S/C21H23N3O2S/c1-14-9-10-18(19-13-22-16(3)23-19)12-20(14)27(25,26)24-11-5-8-17-7-4-6-15(2)21(17)24/h4,6-7,9-10,12-13H,5,8,11H2,1-3H3,(H,22,23). The molecule has 0 radical (unpaired) electrons. The van der Waals surface area contributed by atoms with Crippen LogP contribution in [0.5, 0.6) is 0 Å². The Morgan fingerprint density at radius 2 is 1.89 bits per heavy atom. The van der Waals surface area contributed by atoms with Crippen LogP contribution in [-0.4, -0.2) is 24.9 Å². The van der Waals surface area contributed by atoms with Crippen molar-refractivity contribution in [1.29, 1.82) is 0 Å². The van der Waals surface area contributed by atoms with Crippen molar-refractivity contribution in [2.45, 2.75) is 38.5 Å². The number of anilines is 1. The van der Waals surface area contributed by atoms with Crippen molar-refractivity contribution in [3.8, 4) is 11.3 Å². The molecule has 4 rings (SSSR count). The normalized spacial score (nSPS) is 14.3. The lowest BCUT2D eigenvalue weighted by molar-refractivity contribution is 0.586. The number of benzene rings is 2. The molecule has 5 nitrogen and oxygen atoms in total. The summed E-state index contributed by atoms with van der Waals surface area (Å²) >= 11 is 0. The van der Waals surface area contributed by atoms with Crippen LogP contribution < -0.4 is 4.31 Å². The molecule has 0 fully saturated rings. The predicted octanol–water partition coefficient (Wildman–Crippen LogP) is 4.14. The van der Waals surface area contributed by atoms with Crippen molar-refractivity contribution >= 4 is 15.7 Å². The van der Waals surface area contributed by atoms with E-state index in [9.17, 15) is 8.42 Å². The highest BCUT2D eigenvalue weighted by Gasteiger charge is 2.31. The van der Waals surface area contributed by atoms with Crippen LogP contribution in [0.15, 0.2) is 47.5 Å². The molecule has 6 heteroatoms. The third kappa shape index (κ3) is 3.04. The van der Waals surface area contributed by atoms with E-state index in [0.29, 0.717) is 11.4 Å². The first-order valence-corrected chi connectivity index (χ1v) is 10.6. The molecule has 0 spiro atoms. The zero-order chi connectivity index (χ0) is 19.2. The summed E-state index contributed by atoms with van der Waals surface area (Å²) in [5.41, 5.74) is 5.32. The van der Waals surface area contributed by atoms with Crippen LogP contribution in [0.1, 0.15) is 28.9 Å². The second kappa shape index (κ2) is 6.53. The number of sulfonamides is 1. The first-order valence-electron chi connectivity index (χ1n) is 9.12. The van der Waals surface area contributed by atoms with Gasteiger partial charge in [-0.2, -0.15) is 0 Å². The van der Waals surface area contributed by atoms with Gasteiger partial charge in [-0.05, 0) is 56.4 Å². The van der Waals surface area contributed by atoms with E-state index in [0.717, 1.165) is 52.3 Å². The quantitative estimate of drug-likeness (QED) is 0.741. The maximum atomic E-state index is 13.6. The Bertz CT molecular complexity index is 1120. The molecule has 1 aromatic heterocycles. The van der Waals surface area contributed by atoms with Gasteiger partial charge in [0.25, 0.3) is 10.0 Å². The number of nitrogens with zero attached hydrogens (tertiary/aromatic N) is 2. The van der Waals surface area contributed by atoms with E-state index in [2.05, 4.69) is 9.97 Å². The summed E-state index contributed by atoms with van der Waals surface area (Å²) in [7, 11) is -3.65. The Morgan fingerprint density at radius 3 is 2.63 bits per heavy atom. The number of imidazole rings is 1. The van der Waals surface area contributed by atoms with Crippen LogP contribution >= 0.6 is 0 Å². The number of para-hydroxylation sites is 1. The largest absolute Gasteiger partial charge is 0.342 e. The SMILES string of the molecule is Cc1ncc(-c2ccc(C)c(S(=O)(=O)N3CCCc4cccc(C)c43)c2)[nH]1. The maximum absolute atomic E-state index is 13.6. The number of nitrogens with one attached hydrogen (secondary N) is 1. The molecule has 0 saturated heterocycles. The number of fused-ring (bicyclic) bond motifs is 1. The van der Waals surface area contributed by atoms with Gasteiger partial charge < -0.3 is 4.98 Å². The number of aromatic amines is 1. The van der Waals surface area contributed by atoms with E-state index < -0.39 is 10.0 Å². The smallest absolute Gasteiger partial charge is 0.264 e. The van der Waals surface area contributed by atoms with Crippen molar-refractivity contribution in [1.82, 2.24) is 9.97 Å². The van der Waals surface area contributed by atoms with Gasteiger partial charge in [-0.1, -0.05) is 30.3 Å². The van der Waals surface area contributed by atoms with Gasteiger partial charge >= 0.3 is 0 Å². The van der Waals surface area contributed by atoms with Crippen molar-refractivity contribution < 1.29 is 8.42 Å². The van der Waals surface area contributed by atoms with Gasteiger partial charge in [0.15, 0.2) is 0 Å². The average molecular weight is 382 g/mol. The minimum atomic E-state index is -3.65. The van der Waals surface area contributed by atoms with Crippen LogP contribution in [0.2, 0.25) is 0 Å². The fourth-order valence-corrected chi connectivity index (χ4v) is 5.63. The molecule has 2 aromatic carbocycles. The van der Waals surface area contributed by atoms with Crippen LogP contribution in [0.25, 0.3) is 11.3 Å². The number of hydrogen-bond acceptors (Lipinski definition) is 3. The highest BCUT2D eigenvalue weighted by Crippen LogP contribution is 2.36. The van der Waals surface area contributed by atoms with E-state index in [-0.39, 0.29) is 0 Å². The maximum Gasteiger partial charge on any atom is 0.264 e. The lowest BCUT2D eigenvalue weighted by Crippen LogP contribution is -2.36. The third-order valence-corrected chi connectivity index (χ3v) is 7.09.